The van der Waals surface area contributed by atoms with E-state index in [9.17, 15) is 10.1 Å². The summed E-state index contributed by atoms with van der Waals surface area (Å²) in [4.78, 5) is 14.3. The second-order valence-corrected chi connectivity index (χ2v) is 6.32. The van der Waals surface area contributed by atoms with Crippen LogP contribution in [0.15, 0.2) is 30.0 Å². The molecule has 0 atom stereocenters. The van der Waals surface area contributed by atoms with Crippen LogP contribution in [0.5, 0.6) is 5.75 Å². The third kappa shape index (κ3) is 4.65. The number of benzene rings is 1. The maximum absolute atomic E-state index is 12.3. The second-order valence-electron chi connectivity index (χ2n) is 5.92. The van der Waals surface area contributed by atoms with Crippen LogP contribution in [0.4, 0.5) is 5.69 Å². The summed E-state index contributed by atoms with van der Waals surface area (Å²) < 4.78 is 5.08. The van der Waals surface area contributed by atoms with Crippen molar-refractivity contribution in [2.24, 2.45) is 0 Å². The summed E-state index contributed by atoms with van der Waals surface area (Å²) in [6, 6.07) is 7.32. The normalized spacial score (nSPS) is 15.5. The molecule has 1 N–H and O–H groups in total. The molecule has 0 aliphatic heterocycles. The van der Waals surface area contributed by atoms with Crippen molar-refractivity contribution in [1.29, 1.82) is 5.26 Å². The number of carbonyl (C=O) groups excluding carboxylic acids is 1. The zero-order valence-corrected chi connectivity index (χ0v) is 14.8. The lowest BCUT2D eigenvalue weighted by Crippen LogP contribution is -2.30. The second kappa shape index (κ2) is 8.60. The van der Waals surface area contributed by atoms with Crippen LogP contribution in [-0.4, -0.2) is 31.0 Å². The molecule has 1 aliphatic rings. The van der Waals surface area contributed by atoms with Crippen molar-refractivity contribution in [3.63, 3.8) is 0 Å². The minimum atomic E-state index is -0.443. The van der Waals surface area contributed by atoms with Gasteiger partial charge in [0.1, 0.15) is 17.4 Å². The highest BCUT2D eigenvalue weighted by molar-refractivity contribution is 6.32. The molecule has 1 aromatic rings. The molecule has 128 valence electrons. The molecule has 1 aromatic carbocycles. The summed E-state index contributed by atoms with van der Waals surface area (Å²) in [5.74, 6) is 0.0872. The van der Waals surface area contributed by atoms with E-state index in [1.807, 2.05) is 18.0 Å². The van der Waals surface area contributed by atoms with Crippen LogP contribution in [0.1, 0.15) is 32.1 Å². The quantitative estimate of drug-likeness (QED) is 0.646. The van der Waals surface area contributed by atoms with Crippen LogP contribution in [0.2, 0.25) is 5.02 Å². The molecule has 0 bridgehead atoms. The Morgan fingerprint density at radius 2 is 2.12 bits per heavy atom. The highest BCUT2D eigenvalue weighted by atomic mass is 35.5. The number of anilines is 1. The van der Waals surface area contributed by atoms with Gasteiger partial charge in [-0.15, -0.1) is 0 Å². The van der Waals surface area contributed by atoms with Gasteiger partial charge in [0, 0.05) is 25.0 Å². The molecule has 0 unspecified atom stereocenters. The molecule has 0 radical (unpaired) electrons. The largest absolute Gasteiger partial charge is 0.495 e. The molecule has 1 saturated carbocycles. The van der Waals surface area contributed by atoms with Crippen LogP contribution >= 0.6 is 11.6 Å². The van der Waals surface area contributed by atoms with Crippen molar-refractivity contribution in [2.75, 3.05) is 19.5 Å². The van der Waals surface area contributed by atoms with E-state index in [0.717, 1.165) is 12.8 Å². The molecular weight excluding hydrogens is 326 g/mol. The number of ether oxygens (including phenoxy) is 1. The Bertz CT molecular complexity index is 661. The Morgan fingerprint density at radius 3 is 2.71 bits per heavy atom. The predicted molar refractivity (Wildman–Crippen MR) is 95.0 cm³/mol. The Hall–Kier alpha value is -2.19. The fourth-order valence-electron chi connectivity index (χ4n) is 2.88. The van der Waals surface area contributed by atoms with E-state index in [1.165, 1.54) is 26.4 Å². The van der Waals surface area contributed by atoms with Crippen molar-refractivity contribution >= 4 is 23.2 Å². The van der Waals surface area contributed by atoms with Gasteiger partial charge in [0.2, 0.25) is 0 Å². The number of rotatable bonds is 5. The standard InChI is InChI=1S/C18H22ClN3O2/c1-22(15-6-4-3-5-7-15)12-13(11-20)18(23)21-14-8-9-17(24-2)16(19)10-14/h8-10,12,15H,3-7H2,1-2H3,(H,21,23)/b13-12-. The number of hydrogen-bond donors (Lipinski definition) is 1. The van der Waals surface area contributed by atoms with Gasteiger partial charge in [0.25, 0.3) is 5.91 Å². The van der Waals surface area contributed by atoms with Crippen molar-refractivity contribution in [2.45, 2.75) is 38.1 Å². The molecule has 0 spiro atoms. The lowest BCUT2D eigenvalue weighted by atomic mass is 9.94. The lowest BCUT2D eigenvalue weighted by molar-refractivity contribution is -0.112. The van der Waals surface area contributed by atoms with Gasteiger partial charge in [-0.05, 0) is 31.0 Å². The lowest BCUT2D eigenvalue weighted by Gasteiger charge is -2.30. The van der Waals surface area contributed by atoms with Crippen LogP contribution in [0, 0.1) is 11.3 Å². The smallest absolute Gasteiger partial charge is 0.267 e. The van der Waals surface area contributed by atoms with Gasteiger partial charge in [0.05, 0.1) is 12.1 Å². The molecule has 1 amide bonds. The third-order valence-corrected chi connectivity index (χ3v) is 4.55. The number of halogens is 1. The molecule has 5 nitrogen and oxygen atoms in total. The van der Waals surface area contributed by atoms with Gasteiger partial charge in [-0.25, -0.2) is 0 Å². The van der Waals surface area contributed by atoms with Crippen LogP contribution < -0.4 is 10.1 Å². The Labute approximate surface area is 147 Å². The SMILES string of the molecule is COc1ccc(NC(=O)/C(C#N)=C\N(C)C2CCCCC2)cc1Cl. The van der Waals surface area contributed by atoms with E-state index in [2.05, 4.69) is 5.32 Å². The van der Waals surface area contributed by atoms with Crippen molar-refractivity contribution < 1.29 is 9.53 Å². The zero-order valence-electron chi connectivity index (χ0n) is 14.0. The molecule has 24 heavy (non-hydrogen) atoms. The molecule has 0 saturated heterocycles. The Morgan fingerprint density at radius 1 is 1.42 bits per heavy atom. The Kier molecular flexibility index (Phi) is 6.51. The maximum Gasteiger partial charge on any atom is 0.267 e. The third-order valence-electron chi connectivity index (χ3n) is 4.26. The van der Waals surface area contributed by atoms with Crippen molar-refractivity contribution in [3.8, 4) is 11.8 Å². The van der Waals surface area contributed by atoms with Gasteiger partial charge in [0.15, 0.2) is 0 Å². The first-order valence-corrected chi connectivity index (χ1v) is 8.41. The molecule has 6 heteroatoms. The maximum atomic E-state index is 12.3. The molecular formula is C18H22ClN3O2. The van der Waals surface area contributed by atoms with E-state index < -0.39 is 5.91 Å². The molecule has 0 aromatic heterocycles. The number of hydrogen-bond acceptors (Lipinski definition) is 4. The van der Waals surface area contributed by atoms with Crippen LogP contribution in [-0.2, 0) is 4.79 Å². The number of nitrogens with zero attached hydrogens (tertiary/aromatic N) is 2. The van der Waals surface area contributed by atoms with E-state index in [1.54, 1.807) is 24.4 Å². The monoisotopic (exact) mass is 347 g/mol. The van der Waals surface area contributed by atoms with Crippen molar-refractivity contribution in [3.05, 3.63) is 35.0 Å². The van der Waals surface area contributed by atoms with E-state index in [-0.39, 0.29) is 5.57 Å². The molecule has 2 rings (SSSR count). The number of amides is 1. The average Bonchev–Trinajstić information content (AvgIpc) is 2.60. The molecule has 1 aliphatic carbocycles. The molecule has 1 fully saturated rings. The van der Waals surface area contributed by atoms with E-state index in [0.29, 0.717) is 22.5 Å². The summed E-state index contributed by atoms with van der Waals surface area (Å²) in [5.41, 5.74) is 0.599. The van der Waals surface area contributed by atoms with Crippen molar-refractivity contribution in [1.82, 2.24) is 4.90 Å². The molecule has 0 heterocycles. The highest BCUT2D eigenvalue weighted by Gasteiger charge is 2.18. The minimum absolute atomic E-state index is 0.0787. The van der Waals surface area contributed by atoms with Gasteiger partial charge in [-0.2, -0.15) is 5.26 Å². The average molecular weight is 348 g/mol. The van der Waals surface area contributed by atoms with E-state index in [4.69, 9.17) is 16.3 Å². The fraction of sp³-hybridized carbons (Fsp3) is 0.444. The number of nitriles is 1. The minimum Gasteiger partial charge on any atom is -0.495 e. The van der Waals surface area contributed by atoms with Crippen LogP contribution in [0.3, 0.4) is 0 Å². The summed E-state index contributed by atoms with van der Waals surface area (Å²) in [6.45, 7) is 0. The van der Waals surface area contributed by atoms with E-state index >= 15 is 0 Å². The number of methoxy groups -OCH3 is 1. The highest BCUT2D eigenvalue weighted by Crippen LogP contribution is 2.27. The number of nitrogens with one attached hydrogen (secondary N) is 1. The van der Waals surface area contributed by atoms with Crippen LogP contribution in [0.25, 0.3) is 0 Å². The first kappa shape index (κ1) is 18.2. The summed E-state index contributed by atoms with van der Waals surface area (Å²) in [7, 11) is 3.45. The summed E-state index contributed by atoms with van der Waals surface area (Å²) in [6.07, 6.45) is 7.49. The topological polar surface area (TPSA) is 65.4 Å². The summed E-state index contributed by atoms with van der Waals surface area (Å²) in [5, 5.41) is 12.4. The van der Waals surface area contributed by atoms with Gasteiger partial charge < -0.3 is 15.0 Å². The Balaban J connectivity index is 2.06. The summed E-state index contributed by atoms with van der Waals surface area (Å²) >= 11 is 6.05. The fourth-order valence-corrected chi connectivity index (χ4v) is 3.14. The first-order chi connectivity index (χ1) is 11.5. The number of carbonyl (C=O) groups is 1. The van der Waals surface area contributed by atoms with Gasteiger partial charge in [-0.3, -0.25) is 4.79 Å². The van der Waals surface area contributed by atoms with Gasteiger partial charge >= 0.3 is 0 Å². The van der Waals surface area contributed by atoms with Gasteiger partial charge in [-0.1, -0.05) is 30.9 Å². The first-order valence-electron chi connectivity index (χ1n) is 8.04. The predicted octanol–water partition coefficient (Wildman–Crippen LogP) is 3.96. The zero-order chi connectivity index (χ0) is 17.5.